The van der Waals surface area contributed by atoms with E-state index in [-0.39, 0.29) is 0 Å². The first kappa shape index (κ1) is 17.5. The van der Waals surface area contributed by atoms with Crippen LogP contribution in [-0.4, -0.2) is 49.6 Å². The van der Waals surface area contributed by atoms with Gasteiger partial charge in [0.25, 0.3) is 0 Å². The molecular formula is C19H31N2P. The first-order valence-corrected chi connectivity index (χ1v) is 9.83. The van der Waals surface area contributed by atoms with E-state index in [1.54, 1.807) is 0 Å². The van der Waals surface area contributed by atoms with Crippen LogP contribution < -0.4 is 4.90 Å². The third kappa shape index (κ3) is 5.11. The van der Waals surface area contributed by atoms with Crippen molar-refractivity contribution in [2.24, 2.45) is 0 Å². The Hall–Kier alpha value is -0.850. The zero-order valence-corrected chi connectivity index (χ0v) is 15.4. The highest BCUT2D eigenvalue weighted by molar-refractivity contribution is 7.40. The largest absolute Gasteiger partial charge is 0.368 e. The van der Waals surface area contributed by atoms with Gasteiger partial charge in [0.05, 0.1) is 0 Å². The summed E-state index contributed by atoms with van der Waals surface area (Å²) in [5, 5.41) is 0. The molecule has 3 heteroatoms. The monoisotopic (exact) mass is 318 g/mol. The van der Waals surface area contributed by atoms with Crippen LogP contribution in [0.1, 0.15) is 45.1 Å². The van der Waals surface area contributed by atoms with Crippen molar-refractivity contribution in [2.75, 3.05) is 38.1 Å². The van der Waals surface area contributed by atoms with Crippen molar-refractivity contribution in [3.05, 3.63) is 29.8 Å². The highest BCUT2D eigenvalue weighted by atomic mass is 31.1. The second kappa shape index (κ2) is 9.33. The molecule has 0 saturated carbocycles. The molecule has 1 heterocycles. The first-order chi connectivity index (χ1) is 10.7. The van der Waals surface area contributed by atoms with Gasteiger partial charge in [0, 0.05) is 43.1 Å². The quantitative estimate of drug-likeness (QED) is 0.683. The molecule has 0 N–H and O–H groups in total. The van der Waals surface area contributed by atoms with Crippen LogP contribution in [0.5, 0.6) is 0 Å². The molecule has 0 aromatic heterocycles. The number of hydrogen-bond donors (Lipinski definition) is 0. The number of benzene rings is 1. The summed E-state index contributed by atoms with van der Waals surface area (Å²) < 4.78 is 0. The van der Waals surface area contributed by atoms with Crippen LogP contribution >= 0.6 is 8.20 Å². The molecule has 0 atom stereocenters. The van der Waals surface area contributed by atoms with Crippen LogP contribution in [0.15, 0.2) is 24.3 Å². The lowest BCUT2D eigenvalue weighted by Crippen LogP contribution is -2.44. The van der Waals surface area contributed by atoms with E-state index in [1.165, 1.54) is 58.2 Å². The maximum Gasteiger partial charge on any atom is 0.0444 e. The summed E-state index contributed by atoms with van der Waals surface area (Å²) in [5.74, 6) is 2.46. The molecule has 1 aromatic rings. The molecule has 0 bridgehead atoms. The van der Waals surface area contributed by atoms with Crippen LogP contribution in [0, 0.1) is 0 Å². The summed E-state index contributed by atoms with van der Waals surface area (Å²) in [4.78, 5) is 4.97. The van der Waals surface area contributed by atoms with E-state index in [4.69, 9.17) is 0 Å². The van der Waals surface area contributed by atoms with Gasteiger partial charge < -0.3 is 9.80 Å². The molecule has 0 radical (unpaired) electrons. The van der Waals surface area contributed by atoms with Gasteiger partial charge in [0.2, 0.25) is 0 Å². The van der Waals surface area contributed by atoms with Crippen LogP contribution in [0.4, 0.5) is 5.69 Å². The molecule has 1 aromatic carbocycles. The number of likely N-dealkylation sites (N-methyl/N-ethyl adjacent to an activating group) is 1. The van der Waals surface area contributed by atoms with Crippen molar-refractivity contribution < 1.29 is 0 Å². The molecule has 0 spiro atoms. The second-order valence-electron chi connectivity index (χ2n) is 6.36. The fourth-order valence-electron chi connectivity index (χ4n) is 3.08. The van der Waals surface area contributed by atoms with Crippen LogP contribution in [0.25, 0.3) is 0 Å². The van der Waals surface area contributed by atoms with Gasteiger partial charge in [0.1, 0.15) is 0 Å². The number of nitrogens with zero attached hydrogens (tertiary/aromatic N) is 2. The number of hydrogen-bond acceptors (Lipinski definition) is 2. The Morgan fingerprint density at radius 3 is 2.32 bits per heavy atom. The van der Waals surface area contributed by atoms with Gasteiger partial charge in [-0.2, -0.15) is 0 Å². The Morgan fingerprint density at radius 1 is 1.05 bits per heavy atom. The molecule has 1 fully saturated rings. The zero-order chi connectivity index (χ0) is 15.8. The Labute approximate surface area is 138 Å². The molecule has 122 valence electrons. The third-order valence-electron chi connectivity index (χ3n) is 4.45. The lowest BCUT2D eigenvalue weighted by Gasteiger charge is -2.34. The topological polar surface area (TPSA) is 6.48 Å². The SMILES string of the molecule is CCCC(CCC)P=Cc1ccccc1N1CCN(C)CC1. The van der Waals surface area contributed by atoms with E-state index in [9.17, 15) is 0 Å². The van der Waals surface area contributed by atoms with E-state index in [2.05, 4.69) is 60.8 Å². The van der Waals surface area contributed by atoms with E-state index >= 15 is 0 Å². The van der Waals surface area contributed by atoms with Crippen molar-refractivity contribution >= 4 is 19.7 Å². The van der Waals surface area contributed by atoms with Gasteiger partial charge in [-0.1, -0.05) is 44.9 Å². The maximum atomic E-state index is 2.55. The first-order valence-electron chi connectivity index (χ1n) is 8.80. The zero-order valence-electron chi connectivity index (χ0n) is 14.5. The minimum Gasteiger partial charge on any atom is -0.368 e. The second-order valence-corrected chi connectivity index (χ2v) is 7.65. The Kier molecular flexibility index (Phi) is 7.42. The summed E-state index contributed by atoms with van der Waals surface area (Å²) in [7, 11) is 3.72. The maximum absolute atomic E-state index is 2.55. The fraction of sp³-hybridized carbons (Fsp3) is 0.632. The van der Waals surface area contributed by atoms with E-state index < -0.39 is 0 Å². The van der Waals surface area contributed by atoms with Gasteiger partial charge in [-0.15, -0.1) is 8.20 Å². The standard InChI is InChI=1S/C19H31N2P/c1-4-8-18(9-5-2)22-16-17-10-6-7-11-19(17)21-14-12-20(3)13-15-21/h6-7,10-11,16,18H,4-5,8-9,12-15H2,1-3H3. The molecule has 1 saturated heterocycles. The highest BCUT2D eigenvalue weighted by Gasteiger charge is 2.16. The summed E-state index contributed by atoms with van der Waals surface area (Å²) in [6.07, 6.45) is 5.29. The van der Waals surface area contributed by atoms with Crippen molar-refractivity contribution in [1.82, 2.24) is 4.90 Å². The molecule has 0 unspecified atom stereocenters. The van der Waals surface area contributed by atoms with Crippen molar-refractivity contribution in [3.63, 3.8) is 0 Å². The Bertz CT molecular complexity index is 458. The third-order valence-corrected chi connectivity index (χ3v) is 5.81. The van der Waals surface area contributed by atoms with E-state index in [0.717, 1.165) is 18.7 Å². The minimum absolute atomic E-state index is 0.829. The van der Waals surface area contributed by atoms with Gasteiger partial charge in [-0.05, 0) is 31.8 Å². The van der Waals surface area contributed by atoms with Gasteiger partial charge >= 0.3 is 0 Å². The average Bonchev–Trinajstić information content (AvgIpc) is 2.54. The molecular weight excluding hydrogens is 287 g/mol. The number of anilines is 1. The van der Waals surface area contributed by atoms with E-state index in [0.29, 0.717) is 0 Å². The minimum atomic E-state index is 0.829. The number of piperazine rings is 1. The molecule has 1 aliphatic rings. The Morgan fingerprint density at radius 2 is 1.68 bits per heavy atom. The molecule has 2 rings (SSSR count). The highest BCUT2D eigenvalue weighted by Crippen LogP contribution is 2.25. The normalized spacial score (nSPS) is 16.8. The number of rotatable bonds is 7. The van der Waals surface area contributed by atoms with Crippen molar-refractivity contribution in [2.45, 2.75) is 45.2 Å². The van der Waals surface area contributed by atoms with Gasteiger partial charge in [-0.25, -0.2) is 0 Å². The van der Waals surface area contributed by atoms with Crippen molar-refractivity contribution in [1.29, 1.82) is 0 Å². The molecule has 0 aliphatic carbocycles. The fourth-order valence-corrected chi connectivity index (χ4v) is 4.48. The number of para-hydroxylation sites is 1. The summed E-state index contributed by atoms with van der Waals surface area (Å²) in [5.41, 5.74) is 3.68. The van der Waals surface area contributed by atoms with E-state index in [1.807, 2.05) is 0 Å². The van der Waals surface area contributed by atoms with Gasteiger partial charge in [-0.3, -0.25) is 0 Å². The van der Waals surface area contributed by atoms with Crippen molar-refractivity contribution in [3.8, 4) is 0 Å². The smallest absolute Gasteiger partial charge is 0.0444 e. The molecule has 0 amide bonds. The summed E-state index contributed by atoms with van der Waals surface area (Å²) >= 11 is 0. The molecule has 22 heavy (non-hydrogen) atoms. The lowest BCUT2D eigenvalue weighted by atomic mass is 10.1. The van der Waals surface area contributed by atoms with Gasteiger partial charge in [0.15, 0.2) is 0 Å². The average molecular weight is 318 g/mol. The predicted molar refractivity (Wildman–Crippen MR) is 102 cm³/mol. The van der Waals surface area contributed by atoms with Crippen LogP contribution in [0.3, 0.4) is 0 Å². The van der Waals surface area contributed by atoms with Crippen LogP contribution in [0.2, 0.25) is 0 Å². The van der Waals surface area contributed by atoms with Crippen LogP contribution in [-0.2, 0) is 0 Å². The lowest BCUT2D eigenvalue weighted by molar-refractivity contribution is 0.313. The summed E-state index contributed by atoms with van der Waals surface area (Å²) in [6.45, 7) is 9.23. The summed E-state index contributed by atoms with van der Waals surface area (Å²) in [6, 6.07) is 8.93. The molecule has 2 nitrogen and oxygen atoms in total. The Balaban J connectivity index is 2.10. The molecule has 1 aliphatic heterocycles. The predicted octanol–water partition coefficient (Wildman–Crippen LogP) is 4.50.